The minimum atomic E-state index is 0.402. The van der Waals surface area contributed by atoms with Crippen molar-refractivity contribution in [1.29, 1.82) is 0 Å². The van der Waals surface area contributed by atoms with E-state index in [2.05, 4.69) is 40.2 Å². The molecule has 7 heteroatoms. The summed E-state index contributed by atoms with van der Waals surface area (Å²) in [6.07, 6.45) is 1.04. The van der Waals surface area contributed by atoms with E-state index >= 15 is 0 Å². The summed E-state index contributed by atoms with van der Waals surface area (Å²) in [4.78, 5) is 9.59. The van der Waals surface area contributed by atoms with Crippen molar-refractivity contribution in [3.05, 3.63) is 35.2 Å². The second-order valence-electron chi connectivity index (χ2n) is 7.39. The molecule has 7 nitrogen and oxygen atoms in total. The molecule has 0 spiro atoms. The number of benzene rings is 1. The van der Waals surface area contributed by atoms with Crippen molar-refractivity contribution in [3.63, 3.8) is 0 Å². The van der Waals surface area contributed by atoms with Gasteiger partial charge in [-0.15, -0.1) is 5.10 Å². The largest absolute Gasteiger partial charge is 0.493 e. The molecule has 1 atom stereocenters. The molecule has 1 unspecified atom stereocenters. The monoisotopic (exact) mass is 354 g/mol. The Hall–Kier alpha value is -2.12. The molecule has 0 amide bonds. The van der Waals surface area contributed by atoms with Crippen molar-refractivity contribution in [2.24, 2.45) is 0 Å². The van der Waals surface area contributed by atoms with E-state index in [0.717, 1.165) is 76.4 Å². The van der Waals surface area contributed by atoms with Gasteiger partial charge in [0.05, 0.1) is 19.7 Å². The van der Waals surface area contributed by atoms with Crippen LogP contribution in [0, 0.1) is 0 Å². The Bertz CT molecular complexity index is 772. The van der Waals surface area contributed by atoms with Gasteiger partial charge in [-0.2, -0.15) is 4.98 Å². The molecule has 0 saturated carbocycles. The van der Waals surface area contributed by atoms with Gasteiger partial charge in [0.15, 0.2) is 0 Å². The van der Waals surface area contributed by atoms with E-state index in [1.165, 1.54) is 11.1 Å². The lowest BCUT2D eigenvalue weighted by atomic mass is 10.0. The Kier molecular flexibility index (Phi) is 4.05. The van der Waals surface area contributed by atoms with E-state index < -0.39 is 0 Å². The van der Waals surface area contributed by atoms with Gasteiger partial charge in [0.2, 0.25) is 5.95 Å². The predicted molar refractivity (Wildman–Crippen MR) is 99.6 cm³/mol. The summed E-state index contributed by atoms with van der Waals surface area (Å²) in [7, 11) is 0. The third-order valence-corrected chi connectivity index (χ3v) is 5.87. The van der Waals surface area contributed by atoms with Crippen molar-refractivity contribution in [3.8, 4) is 5.75 Å². The zero-order valence-corrected chi connectivity index (χ0v) is 15.3. The van der Waals surface area contributed by atoms with Crippen LogP contribution in [0.3, 0.4) is 0 Å². The SMILES string of the molecule is CC(c1ccc2c(c1)OCC2)N1CCN(c2nc3n(n2)CCNC3)CC1. The lowest BCUT2D eigenvalue weighted by molar-refractivity contribution is 0.197. The van der Waals surface area contributed by atoms with E-state index in [1.54, 1.807) is 0 Å². The van der Waals surface area contributed by atoms with Gasteiger partial charge in [0.1, 0.15) is 11.6 Å². The smallest absolute Gasteiger partial charge is 0.245 e. The Labute approximate surface area is 153 Å². The van der Waals surface area contributed by atoms with Crippen LogP contribution in [-0.2, 0) is 19.5 Å². The molecule has 3 aliphatic heterocycles. The minimum absolute atomic E-state index is 0.402. The molecule has 1 aromatic heterocycles. The first-order chi connectivity index (χ1) is 12.8. The first-order valence-corrected chi connectivity index (χ1v) is 9.67. The van der Waals surface area contributed by atoms with E-state index in [4.69, 9.17) is 14.8 Å². The number of nitrogens with one attached hydrogen (secondary N) is 1. The molecule has 0 radical (unpaired) electrons. The summed E-state index contributed by atoms with van der Waals surface area (Å²) in [5.41, 5.74) is 2.69. The molecule has 1 saturated heterocycles. The highest BCUT2D eigenvalue weighted by molar-refractivity contribution is 5.41. The van der Waals surface area contributed by atoms with E-state index in [-0.39, 0.29) is 0 Å². The summed E-state index contributed by atoms with van der Waals surface area (Å²) in [6, 6.07) is 7.14. The molecule has 2 aromatic rings. The van der Waals surface area contributed by atoms with E-state index in [9.17, 15) is 0 Å². The van der Waals surface area contributed by atoms with Crippen LogP contribution in [0.15, 0.2) is 18.2 Å². The third kappa shape index (κ3) is 2.85. The molecule has 26 heavy (non-hydrogen) atoms. The highest BCUT2D eigenvalue weighted by Crippen LogP contribution is 2.31. The van der Waals surface area contributed by atoms with Gasteiger partial charge < -0.3 is 15.0 Å². The number of hydrogen-bond acceptors (Lipinski definition) is 6. The maximum absolute atomic E-state index is 5.74. The molecule has 0 aliphatic carbocycles. The van der Waals surface area contributed by atoms with Gasteiger partial charge >= 0.3 is 0 Å². The maximum Gasteiger partial charge on any atom is 0.245 e. The molecule has 1 aromatic carbocycles. The van der Waals surface area contributed by atoms with Crippen LogP contribution in [0.25, 0.3) is 0 Å². The maximum atomic E-state index is 5.74. The van der Waals surface area contributed by atoms with Crippen LogP contribution in [0.5, 0.6) is 5.75 Å². The summed E-state index contributed by atoms with van der Waals surface area (Å²) in [6.45, 7) is 9.85. The van der Waals surface area contributed by atoms with Crippen LogP contribution in [0.2, 0.25) is 0 Å². The van der Waals surface area contributed by atoms with Gasteiger partial charge in [-0.05, 0) is 24.1 Å². The first kappa shape index (κ1) is 16.1. The summed E-state index contributed by atoms with van der Waals surface area (Å²) < 4.78 is 7.79. The molecule has 1 fully saturated rings. The molecule has 4 heterocycles. The van der Waals surface area contributed by atoms with Gasteiger partial charge in [-0.25, -0.2) is 4.68 Å². The number of anilines is 1. The predicted octanol–water partition coefficient (Wildman–Crippen LogP) is 1.20. The number of piperazine rings is 1. The van der Waals surface area contributed by atoms with Crippen molar-refractivity contribution in [2.75, 3.05) is 44.2 Å². The lowest BCUT2D eigenvalue weighted by Gasteiger charge is -2.37. The van der Waals surface area contributed by atoms with Crippen LogP contribution in [-0.4, -0.2) is 59.0 Å². The van der Waals surface area contributed by atoms with Crippen LogP contribution < -0.4 is 15.0 Å². The Morgan fingerprint density at radius 2 is 2.04 bits per heavy atom. The lowest BCUT2D eigenvalue weighted by Crippen LogP contribution is -2.47. The quantitative estimate of drug-likeness (QED) is 0.894. The number of rotatable bonds is 3. The second kappa shape index (κ2) is 6.55. The fourth-order valence-electron chi connectivity index (χ4n) is 4.15. The van der Waals surface area contributed by atoms with Gasteiger partial charge in [0.25, 0.3) is 0 Å². The molecule has 0 bridgehead atoms. The fourth-order valence-corrected chi connectivity index (χ4v) is 4.15. The van der Waals surface area contributed by atoms with Gasteiger partial charge in [-0.1, -0.05) is 12.1 Å². The molecular weight excluding hydrogens is 328 g/mol. The van der Waals surface area contributed by atoms with Crippen molar-refractivity contribution in [1.82, 2.24) is 25.0 Å². The molecule has 138 valence electrons. The van der Waals surface area contributed by atoms with Crippen LogP contribution in [0.4, 0.5) is 5.95 Å². The number of fused-ring (bicyclic) bond motifs is 2. The zero-order chi connectivity index (χ0) is 17.5. The summed E-state index contributed by atoms with van der Waals surface area (Å²) >= 11 is 0. The van der Waals surface area contributed by atoms with E-state index in [1.807, 2.05) is 4.68 Å². The minimum Gasteiger partial charge on any atom is -0.493 e. The van der Waals surface area contributed by atoms with E-state index in [0.29, 0.717) is 6.04 Å². The fraction of sp³-hybridized carbons (Fsp3) is 0.579. The Morgan fingerprint density at radius 1 is 1.15 bits per heavy atom. The first-order valence-electron chi connectivity index (χ1n) is 9.67. The topological polar surface area (TPSA) is 58.5 Å². The highest BCUT2D eigenvalue weighted by Gasteiger charge is 2.26. The number of ether oxygens (including phenoxy) is 1. The van der Waals surface area contributed by atoms with Crippen molar-refractivity contribution >= 4 is 5.95 Å². The number of nitrogens with zero attached hydrogens (tertiary/aromatic N) is 5. The number of aromatic nitrogens is 3. The zero-order valence-electron chi connectivity index (χ0n) is 15.3. The Morgan fingerprint density at radius 3 is 2.88 bits per heavy atom. The summed E-state index contributed by atoms with van der Waals surface area (Å²) in [5.74, 6) is 3.02. The molecule has 1 N–H and O–H groups in total. The van der Waals surface area contributed by atoms with Gasteiger partial charge in [0, 0.05) is 45.2 Å². The standard InChI is InChI=1S/C19H26N6O/c1-14(16-3-2-15-4-11-26-17(15)12-16)23-7-9-24(10-8-23)19-21-18-13-20-5-6-25(18)22-19/h2-3,12,14,20H,4-11,13H2,1H3. The molecule has 5 rings (SSSR count). The van der Waals surface area contributed by atoms with Crippen molar-refractivity contribution in [2.45, 2.75) is 32.5 Å². The number of hydrogen-bond donors (Lipinski definition) is 1. The highest BCUT2D eigenvalue weighted by atomic mass is 16.5. The van der Waals surface area contributed by atoms with Crippen molar-refractivity contribution < 1.29 is 4.74 Å². The molecule has 3 aliphatic rings. The van der Waals surface area contributed by atoms with Crippen LogP contribution in [0.1, 0.15) is 29.9 Å². The van der Waals surface area contributed by atoms with Crippen LogP contribution >= 0.6 is 0 Å². The Balaban J connectivity index is 1.24. The average molecular weight is 354 g/mol. The second-order valence-corrected chi connectivity index (χ2v) is 7.39. The van der Waals surface area contributed by atoms with Gasteiger partial charge in [-0.3, -0.25) is 4.90 Å². The average Bonchev–Trinajstić information content (AvgIpc) is 3.33. The molecular formula is C19H26N6O. The summed E-state index contributed by atoms with van der Waals surface area (Å²) in [5, 5.41) is 8.05. The normalized spacial score (nSPS) is 21.2. The third-order valence-electron chi connectivity index (χ3n) is 5.87.